The van der Waals surface area contributed by atoms with Crippen LogP contribution in [0.2, 0.25) is 0 Å². The standard InChI is InChI=1S/C12H13F2N5O2/c1-12(2,3)10-11(15)16-17-18(10)9-7(14)4-6(13)5-8(9)19(20)21/h4-5H,15H2,1-3H3. The number of rotatable bonds is 2. The van der Waals surface area contributed by atoms with Gasteiger partial charge < -0.3 is 5.73 Å². The number of benzene rings is 1. The van der Waals surface area contributed by atoms with E-state index in [1.807, 2.05) is 0 Å². The smallest absolute Gasteiger partial charge is 0.300 e. The molecule has 0 aliphatic heterocycles. The van der Waals surface area contributed by atoms with Crippen LogP contribution in [0.25, 0.3) is 5.69 Å². The van der Waals surface area contributed by atoms with Gasteiger partial charge in [-0.2, -0.15) is 0 Å². The number of nitro groups is 1. The van der Waals surface area contributed by atoms with Gasteiger partial charge in [0.25, 0.3) is 0 Å². The van der Waals surface area contributed by atoms with Crippen LogP contribution in [0.15, 0.2) is 12.1 Å². The van der Waals surface area contributed by atoms with Crippen molar-refractivity contribution in [1.29, 1.82) is 0 Å². The number of nitrogen functional groups attached to an aromatic ring is 1. The Morgan fingerprint density at radius 3 is 2.48 bits per heavy atom. The lowest BCUT2D eigenvalue weighted by molar-refractivity contribution is -0.385. The van der Waals surface area contributed by atoms with Gasteiger partial charge in [-0.05, 0) is 0 Å². The number of aromatic nitrogens is 3. The average molecular weight is 297 g/mol. The van der Waals surface area contributed by atoms with Crippen molar-refractivity contribution in [2.75, 3.05) is 5.73 Å². The molecule has 2 aromatic rings. The fourth-order valence-corrected chi connectivity index (χ4v) is 2.05. The largest absolute Gasteiger partial charge is 0.381 e. The number of hydrogen-bond donors (Lipinski definition) is 1. The summed E-state index contributed by atoms with van der Waals surface area (Å²) >= 11 is 0. The highest BCUT2D eigenvalue weighted by molar-refractivity contribution is 5.56. The molecule has 1 aromatic carbocycles. The third-order valence-electron chi connectivity index (χ3n) is 2.82. The van der Waals surface area contributed by atoms with Crippen LogP contribution in [0, 0.1) is 21.7 Å². The first-order valence-electron chi connectivity index (χ1n) is 5.98. The first kappa shape index (κ1) is 14.8. The third kappa shape index (κ3) is 2.54. The summed E-state index contributed by atoms with van der Waals surface area (Å²) in [5.74, 6) is -2.13. The van der Waals surface area contributed by atoms with E-state index in [0.29, 0.717) is 17.8 Å². The molecule has 112 valence electrons. The van der Waals surface area contributed by atoms with Gasteiger partial charge in [0.1, 0.15) is 5.82 Å². The molecular weight excluding hydrogens is 284 g/mol. The Labute approximate surface area is 118 Å². The average Bonchev–Trinajstić information content (AvgIpc) is 2.69. The van der Waals surface area contributed by atoms with E-state index in [9.17, 15) is 18.9 Å². The maximum Gasteiger partial charge on any atom is 0.300 e. The molecule has 2 N–H and O–H groups in total. The summed E-state index contributed by atoms with van der Waals surface area (Å²) in [5, 5.41) is 18.3. The van der Waals surface area contributed by atoms with Crippen molar-refractivity contribution < 1.29 is 13.7 Å². The van der Waals surface area contributed by atoms with Crippen LogP contribution in [0.5, 0.6) is 0 Å². The molecule has 9 heteroatoms. The molecule has 1 heterocycles. The van der Waals surface area contributed by atoms with Gasteiger partial charge >= 0.3 is 5.69 Å². The minimum Gasteiger partial charge on any atom is -0.381 e. The van der Waals surface area contributed by atoms with Crippen molar-refractivity contribution in [1.82, 2.24) is 15.0 Å². The van der Waals surface area contributed by atoms with Gasteiger partial charge in [-0.3, -0.25) is 10.1 Å². The highest BCUT2D eigenvalue weighted by atomic mass is 19.1. The maximum atomic E-state index is 14.1. The second kappa shape index (κ2) is 4.76. The molecule has 0 radical (unpaired) electrons. The summed E-state index contributed by atoms with van der Waals surface area (Å²) in [5.41, 5.74) is 4.18. The Hall–Kier alpha value is -2.58. The third-order valence-corrected chi connectivity index (χ3v) is 2.82. The fraction of sp³-hybridized carbons (Fsp3) is 0.333. The van der Waals surface area contributed by atoms with Gasteiger partial charge in [-0.25, -0.2) is 13.5 Å². The molecular formula is C12H13F2N5O2. The highest BCUT2D eigenvalue weighted by Crippen LogP contribution is 2.33. The van der Waals surface area contributed by atoms with E-state index in [1.54, 1.807) is 20.8 Å². The van der Waals surface area contributed by atoms with Gasteiger partial charge in [0.2, 0.25) is 0 Å². The lowest BCUT2D eigenvalue weighted by atomic mass is 9.91. The summed E-state index contributed by atoms with van der Waals surface area (Å²) < 4.78 is 28.2. The maximum absolute atomic E-state index is 14.1. The number of hydrogen-bond acceptors (Lipinski definition) is 5. The highest BCUT2D eigenvalue weighted by Gasteiger charge is 2.31. The van der Waals surface area contributed by atoms with E-state index < -0.39 is 33.3 Å². The van der Waals surface area contributed by atoms with Crippen LogP contribution in [0.3, 0.4) is 0 Å². The predicted octanol–water partition coefficient (Wildman–Crippen LogP) is 2.33. The van der Waals surface area contributed by atoms with Crippen molar-refractivity contribution in [3.63, 3.8) is 0 Å². The van der Waals surface area contributed by atoms with E-state index in [1.165, 1.54) is 0 Å². The first-order chi connectivity index (χ1) is 9.62. The van der Waals surface area contributed by atoms with Gasteiger partial charge in [-0.15, -0.1) is 5.10 Å². The Balaban J connectivity index is 2.83. The second-order valence-corrected chi connectivity index (χ2v) is 5.50. The number of anilines is 1. The molecule has 2 rings (SSSR count). The van der Waals surface area contributed by atoms with Crippen LogP contribution < -0.4 is 5.73 Å². The zero-order valence-electron chi connectivity index (χ0n) is 11.6. The van der Waals surface area contributed by atoms with E-state index in [2.05, 4.69) is 10.3 Å². The Morgan fingerprint density at radius 1 is 1.33 bits per heavy atom. The van der Waals surface area contributed by atoms with Gasteiger partial charge in [0.05, 0.1) is 16.7 Å². The molecule has 0 saturated heterocycles. The van der Waals surface area contributed by atoms with Crippen LogP contribution >= 0.6 is 0 Å². The Bertz CT molecular complexity index is 721. The molecule has 7 nitrogen and oxygen atoms in total. The summed E-state index contributed by atoms with van der Waals surface area (Å²) in [6.07, 6.45) is 0. The number of nitrogens with zero attached hydrogens (tertiary/aromatic N) is 4. The predicted molar refractivity (Wildman–Crippen MR) is 71.0 cm³/mol. The van der Waals surface area contributed by atoms with E-state index in [4.69, 9.17) is 5.73 Å². The van der Waals surface area contributed by atoms with Gasteiger partial charge in [0, 0.05) is 11.5 Å². The molecule has 21 heavy (non-hydrogen) atoms. The van der Waals surface area contributed by atoms with Gasteiger partial charge in [0.15, 0.2) is 17.3 Å². The molecule has 0 unspecified atom stereocenters. The lowest BCUT2D eigenvalue weighted by Crippen LogP contribution is -2.20. The van der Waals surface area contributed by atoms with E-state index in [0.717, 1.165) is 4.68 Å². The van der Waals surface area contributed by atoms with E-state index >= 15 is 0 Å². The number of halogens is 2. The number of nitro benzene ring substituents is 1. The zero-order valence-corrected chi connectivity index (χ0v) is 11.6. The molecule has 0 fully saturated rings. The topological polar surface area (TPSA) is 99.9 Å². The normalized spacial score (nSPS) is 11.7. The van der Waals surface area contributed by atoms with Gasteiger partial charge in [-0.1, -0.05) is 26.0 Å². The monoisotopic (exact) mass is 297 g/mol. The summed E-state index contributed by atoms with van der Waals surface area (Å²) in [7, 11) is 0. The van der Waals surface area contributed by atoms with Crippen molar-refractivity contribution in [2.24, 2.45) is 0 Å². The minimum absolute atomic E-state index is 0.0283. The van der Waals surface area contributed by atoms with Crippen molar-refractivity contribution in [2.45, 2.75) is 26.2 Å². The molecule has 0 aliphatic carbocycles. The second-order valence-electron chi connectivity index (χ2n) is 5.50. The van der Waals surface area contributed by atoms with Crippen LogP contribution in [-0.2, 0) is 5.41 Å². The minimum atomic E-state index is -1.11. The SMILES string of the molecule is CC(C)(C)c1c(N)nnn1-c1c(F)cc(F)cc1[N+](=O)[O-]. The molecule has 0 saturated carbocycles. The first-order valence-corrected chi connectivity index (χ1v) is 5.98. The number of nitrogens with two attached hydrogens (primary N) is 1. The summed E-state index contributed by atoms with van der Waals surface area (Å²) in [4.78, 5) is 10.2. The Kier molecular flexibility index (Phi) is 3.36. The summed E-state index contributed by atoms with van der Waals surface area (Å²) in [6.45, 7) is 5.31. The summed E-state index contributed by atoms with van der Waals surface area (Å²) in [6, 6.07) is 1.18. The van der Waals surface area contributed by atoms with Crippen molar-refractivity contribution in [3.05, 3.63) is 39.6 Å². The van der Waals surface area contributed by atoms with E-state index in [-0.39, 0.29) is 5.82 Å². The zero-order chi connectivity index (χ0) is 15.9. The Morgan fingerprint density at radius 2 is 1.95 bits per heavy atom. The molecule has 0 atom stereocenters. The molecule has 1 aromatic heterocycles. The quantitative estimate of drug-likeness (QED) is 0.677. The van der Waals surface area contributed by atoms with Crippen LogP contribution in [0.4, 0.5) is 20.3 Å². The van der Waals surface area contributed by atoms with Crippen LogP contribution in [0.1, 0.15) is 26.5 Å². The van der Waals surface area contributed by atoms with Crippen molar-refractivity contribution >= 4 is 11.5 Å². The molecule has 0 amide bonds. The molecule has 0 bridgehead atoms. The molecule has 0 aliphatic rings. The lowest BCUT2D eigenvalue weighted by Gasteiger charge is -2.20. The van der Waals surface area contributed by atoms with Crippen LogP contribution in [-0.4, -0.2) is 19.9 Å². The molecule has 0 spiro atoms. The van der Waals surface area contributed by atoms with Crippen molar-refractivity contribution in [3.8, 4) is 5.69 Å². The fourth-order valence-electron chi connectivity index (χ4n) is 2.05.